The molecule has 0 radical (unpaired) electrons. The van der Waals surface area contributed by atoms with Crippen LogP contribution in [0.3, 0.4) is 0 Å². The molecule has 0 saturated carbocycles. The summed E-state index contributed by atoms with van der Waals surface area (Å²) in [5.74, 6) is 0.937. The minimum atomic E-state index is -0.169. The van der Waals surface area contributed by atoms with Gasteiger partial charge in [-0.2, -0.15) is 0 Å². The number of allylic oxidation sites excluding steroid dienone is 2. The van der Waals surface area contributed by atoms with Gasteiger partial charge in [-0.15, -0.1) is 0 Å². The minimum Gasteiger partial charge on any atom is -0.489 e. The number of hydrogen-bond acceptors (Lipinski definition) is 7. The largest absolute Gasteiger partial charge is 0.489 e. The second-order valence-corrected chi connectivity index (χ2v) is 6.49. The molecule has 9 heteroatoms. The van der Waals surface area contributed by atoms with Crippen molar-refractivity contribution in [2.75, 3.05) is 18.5 Å². The Morgan fingerprint density at radius 3 is 2.81 bits per heavy atom. The number of fused-ring (bicyclic) bond motifs is 1. The molecule has 0 spiro atoms. The first kappa shape index (κ1) is 18.0. The summed E-state index contributed by atoms with van der Waals surface area (Å²) in [6, 6.07) is 0.139. The molecular formula is C17H24N6O3. The zero-order chi connectivity index (χ0) is 18.8. The van der Waals surface area contributed by atoms with Crippen molar-refractivity contribution in [3.8, 4) is 0 Å². The number of nitrogens with two attached hydrogens (primary N) is 1. The van der Waals surface area contributed by atoms with Crippen LogP contribution < -0.4 is 16.6 Å². The molecule has 0 unspecified atom stereocenters. The molecule has 1 aliphatic heterocycles. The van der Waals surface area contributed by atoms with E-state index in [0.717, 1.165) is 13.0 Å². The molecule has 2 heterocycles. The predicted molar refractivity (Wildman–Crippen MR) is 100 cm³/mol. The Balaban J connectivity index is 2.06. The lowest BCUT2D eigenvalue weighted by atomic mass is 10.1. The fourth-order valence-electron chi connectivity index (χ4n) is 3.00. The molecule has 3 rings (SSSR count). The summed E-state index contributed by atoms with van der Waals surface area (Å²) in [5, 5.41) is 20.1. The molecule has 9 nitrogen and oxygen atoms in total. The number of rotatable bonds is 6. The standard InChI is InChI=1S/C17H24N6O3/c1-10(2)20-16-15(17(25)23-5-3-4-22(16)23)21-13-9-14(26-7-6-24)12(19)8-11(13)18/h8-10,19-20,24H,3-7,18H2,1-2H3/b19-12?,21-13-. The highest BCUT2D eigenvalue weighted by atomic mass is 16.5. The highest BCUT2D eigenvalue weighted by molar-refractivity contribution is 6.22. The molecule has 5 N–H and O–H groups in total. The van der Waals surface area contributed by atoms with Crippen LogP contribution in [-0.4, -0.2) is 45.1 Å². The van der Waals surface area contributed by atoms with E-state index in [1.807, 2.05) is 18.5 Å². The van der Waals surface area contributed by atoms with E-state index in [-0.39, 0.29) is 42.0 Å². The topological polar surface area (TPSA) is 131 Å². The first-order valence-electron chi connectivity index (χ1n) is 8.63. The number of nitrogens with one attached hydrogen (secondary N) is 2. The van der Waals surface area contributed by atoms with Crippen LogP contribution in [0.2, 0.25) is 0 Å². The fraction of sp³-hybridized carbons (Fsp3) is 0.471. The Bertz CT molecular complexity index is 872. The number of aliphatic hydroxyl groups excluding tert-OH is 1. The summed E-state index contributed by atoms with van der Waals surface area (Å²) < 4.78 is 8.95. The van der Waals surface area contributed by atoms with Gasteiger partial charge in [0.15, 0.2) is 11.5 Å². The van der Waals surface area contributed by atoms with Crippen molar-refractivity contribution in [1.82, 2.24) is 9.36 Å². The van der Waals surface area contributed by atoms with E-state index in [2.05, 4.69) is 10.3 Å². The summed E-state index contributed by atoms with van der Waals surface area (Å²) in [6.07, 6.45) is 3.87. The lowest BCUT2D eigenvalue weighted by Gasteiger charge is -2.15. The lowest BCUT2D eigenvalue weighted by Crippen LogP contribution is -2.21. The molecule has 2 aliphatic rings. The Hall–Kier alpha value is -2.81. The van der Waals surface area contributed by atoms with Gasteiger partial charge in [0, 0.05) is 25.2 Å². The van der Waals surface area contributed by atoms with Gasteiger partial charge < -0.3 is 20.9 Å². The van der Waals surface area contributed by atoms with E-state index < -0.39 is 0 Å². The highest BCUT2D eigenvalue weighted by Gasteiger charge is 2.25. The average Bonchev–Trinajstić information content (AvgIpc) is 3.14. The molecule has 0 atom stereocenters. The Labute approximate surface area is 151 Å². The normalized spacial score (nSPS) is 18.2. The second kappa shape index (κ2) is 7.20. The SMILES string of the molecule is CC(C)Nc1c(/N=C2/C=C(OCCO)C(=N)C=C2N)c(=O)n2n1CCC2. The van der Waals surface area contributed by atoms with Gasteiger partial charge in [-0.1, -0.05) is 0 Å². The molecule has 0 fully saturated rings. The third-order valence-corrected chi connectivity index (χ3v) is 4.09. The van der Waals surface area contributed by atoms with Crippen LogP contribution in [0.5, 0.6) is 0 Å². The molecular weight excluding hydrogens is 336 g/mol. The maximum atomic E-state index is 12.8. The van der Waals surface area contributed by atoms with Crippen LogP contribution in [0.4, 0.5) is 11.5 Å². The van der Waals surface area contributed by atoms with Crippen molar-refractivity contribution >= 4 is 22.9 Å². The van der Waals surface area contributed by atoms with Gasteiger partial charge in [0.25, 0.3) is 5.56 Å². The Morgan fingerprint density at radius 1 is 1.38 bits per heavy atom. The molecule has 0 aromatic carbocycles. The van der Waals surface area contributed by atoms with E-state index in [4.69, 9.17) is 21.0 Å². The third-order valence-electron chi connectivity index (χ3n) is 4.09. The highest BCUT2D eigenvalue weighted by Crippen LogP contribution is 2.27. The number of aromatic nitrogens is 2. The third kappa shape index (κ3) is 3.30. The van der Waals surface area contributed by atoms with Gasteiger partial charge in [0.05, 0.1) is 23.7 Å². The van der Waals surface area contributed by atoms with Crippen LogP contribution in [0, 0.1) is 5.41 Å². The number of aliphatic hydroxyl groups is 1. The van der Waals surface area contributed by atoms with Crippen LogP contribution in [0.1, 0.15) is 20.3 Å². The number of ether oxygens (including phenoxy) is 1. The van der Waals surface area contributed by atoms with Crippen LogP contribution >= 0.6 is 0 Å². The molecule has 26 heavy (non-hydrogen) atoms. The van der Waals surface area contributed by atoms with Crippen molar-refractivity contribution in [3.05, 3.63) is 34.0 Å². The smallest absolute Gasteiger partial charge is 0.294 e. The summed E-state index contributed by atoms with van der Waals surface area (Å²) in [5.41, 5.74) is 6.89. The van der Waals surface area contributed by atoms with Crippen LogP contribution in [-0.2, 0) is 17.8 Å². The molecule has 1 aromatic rings. The second-order valence-electron chi connectivity index (χ2n) is 6.49. The van der Waals surface area contributed by atoms with Crippen molar-refractivity contribution < 1.29 is 9.84 Å². The van der Waals surface area contributed by atoms with E-state index in [1.54, 1.807) is 4.68 Å². The summed E-state index contributed by atoms with van der Waals surface area (Å²) in [6.45, 7) is 5.32. The molecule has 0 saturated heterocycles. The van der Waals surface area contributed by atoms with Crippen molar-refractivity contribution in [2.24, 2.45) is 10.7 Å². The van der Waals surface area contributed by atoms with Gasteiger partial charge in [-0.3, -0.25) is 14.9 Å². The Morgan fingerprint density at radius 2 is 2.12 bits per heavy atom. The van der Waals surface area contributed by atoms with Crippen molar-refractivity contribution in [2.45, 2.75) is 39.4 Å². The van der Waals surface area contributed by atoms with E-state index in [9.17, 15) is 4.79 Å². The number of anilines is 1. The van der Waals surface area contributed by atoms with E-state index in [0.29, 0.717) is 23.8 Å². The van der Waals surface area contributed by atoms with E-state index >= 15 is 0 Å². The lowest BCUT2D eigenvalue weighted by molar-refractivity contribution is 0.156. The quantitative estimate of drug-likeness (QED) is 0.555. The van der Waals surface area contributed by atoms with Gasteiger partial charge in [-0.05, 0) is 26.3 Å². The van der Waals surface area contributed by atoms with Gasteiger partial charge in [0.2, 0.25) is 0 Å². The predicted octanol–water partition coefficient (Wildman–Crippen LogP) is 0.715. The molecule has 1 aromatic heterocycles. The monoisotopic (exact) mass is 360 g/mol. The van der Waals surface area contributed by atoms with Crippen molar-refractivity contribution in [1.29, 1.82) is 5.41 Å². The molecule has 0 amide bonds. The first-order chi connectivity index (χ1) is 12.4. The number of nitrogens with zero attached hydrogens (tertiary/aromatic N) is 3. The van der Waals surface area contributed by atoms with Gasteiger partial charge >= 0.3 is 0 Å². The average molecular weight is 360 g/mol. The molecule has 0 bridgehead atoms. The van der Waals surface area contributed by atoms with Crippen molar-refractivity contribution in [3.63, 3.8) is 0 Å². The van der Waals surface area contributed by atoms with Crippen LogP contribution in [0.25, 0.3) is 0 Å². The number of aliphatic imine (C=N–C) groups is 1. The summed E-state index contributed by atoms with van der Waals surface area (Å²) in [7, 11) is 0. The van der Waals surface area contributed by atoms with Gasteiger partial charge in [0.1, 0.15) is 12.4 Å². The summed E-state index contributed by atoms with van der Waals surface area (Å²) >= 11 is 0. The van der Waals surface area contributed by atoms with E-state index in [1.165, 1.54) is 12.2 Å². The molecule has 1 aliphatic carbocycles. The maximum absolute atomic E-state index is 12.8. The minimum absolute atomic E-state index is 0.0680. The fourth-order valence-corrected chi connectivity index (χ4v) is 3.00. The number of hydrogen-bond donors (Lipinski definition) is 4. The van der Waals surface area contributed by atoms with Gasteiger partial charge in [-0.25, -0.2) is 9.67 Å². The zero-order valence-corrected chi connectivity index (χ0v) is 15.0. The Kier molecular flexibility index (Phi) is 4.99. The zero-order valence-electron chi connectivity index (χ0n) is 15.0. The maximum Gasteiger partial charge on any atom is 0.294 e. The first-order valence-corrected chi connectivity index (χ1v) is 8.63. The van der Waals surface area contributed by atoms with Crippen LogP contribution in [0.15, 0.2) is 33.4 Å². The molecule has 140 valence electrons. The summed E-state index contributed by atoms with van der Waals surface area (Å²) in [4.78, 5) is 17.3.